The molecule has 0 radical (unpaired) electrons. The van der Waals surface area contributed by atoms with Crippen LogP contribution < -0.4 is 26.0 Å². The molecule has 44 heavy (non-hydrogen) atoms. The number of piperazine rings is 1. The summed E-state index contributed by atoms with van der Waals surface area (Å²) in [6.07, 6.45) is 5.67. The molecule has 3 saturated heterocycles. The van der Waals surface area contributed by atoms with Crippen molar-refractivity contribution in [2.75, 3.05) is 82.2 Å². The molecule has 3 aliphatic rings. The summed E-state index contributed by atoms with van der Waals surface area (Å²) in [5.41, 5.74) is 8.81. The van der Waals surface area contributed by atoms with Crippen molar-refractivity contribution in [3.63, 3.8) is 0 Å². The van der Waals surface area contributed by atoms with Crippen LogP contribution >= 0.6 is 0 Å². The summed E-state index contributed by atoms with van der Waals surface area (Å²) in [7, 11) is 3.80. The molecule has 12 nitrogen and oxygen atoms in total. The van der Waals surface area contributed by atoms with Crippen molar-refractivity contribution in [3.05, 3.63) is 48.3 Å². The number of nitrogens with two attached hydrogens (primary N) is 1. The molecule has 12 heteroatoms. The minimum absolute atomic E-state index is 0.0391. The molecule has 3 aromatic rings. The maximum Gasteiger partial charge on any atom is 0.271 e. The smallest absolute Gasteiger partial charge is 0.271 e. The summed E-state index contributed by atoms with van der Waals surface area (Å²) in [5.74, 6) is 0.756. The largest absolute Gasteiger partial charge is 0.497 e. The topological polar surface area (TPSA) is 134 Å². The molecule has 1 amide bonds. The molecule has 2 aromatic heterocycles. The quantitative estimate of drug-likeness (QED) is 0.334. The van der Waals surface area contributed by atoms with E-state index in [0.29, 0.717) is 48.0 Å². The number of methoxy groups -OCH3 is 1. The van der Waals surface area contributed by atoms with Crippen molar-refractivity contribution in [2.45, 2.75) is 37.8 Å². The molecule has 0 atom stereocenters. The second-order valence-corrected chi connectivity index (χ2v) is 11.8. The molecule has 0 bridgehead atoms. The van der Waals surface area contributed by atoms with Gasteiger partial charge in [-0.25, -0.2) is 9.97 Å². The van der Waals surface area contributed by atoms with Gasteiger partial charge in [0.05, 0.1) is 12.8 Å². The average Bonchev–Trinajstić information content (AvgIpc) is 3.06. The average molecular weight is 602 g/mol. The Morgan fingerprint density at radius 1 is 0.955 bits per heavy atom. The molecule has 1 aromatic carbocycles. The molecule has 4 N–H and O–H groups in total. The predicted octanol–water partition coefficient (Wildman–Crippen LogP) is 3.20. The van der Waals surface area contributed by atoms with Gasteiger partial charge in [-0.15, -0.1) is 0 Å². The summed E-state index contributed by atoms with van der Waals surface area (Å²) in [4.78, 5) is 34.2. The van der Waals surface area contributed by atoms with E-state index in [1.165, 1.54) is 31.6 Å². The van der Waals surface area contributed by atoms with Crippen molar-refractivity contribution in [1.82, 2.24) is 24.8 Å². The molecule has 0 saturated carbocycles. The molecule has 0 spiro atoms. The number of hydrogen-bond acceptors (Lipinski definition) is 11. The van der Waals surface area contributed by atoms with Crippen molar-refractivity contribution >= 4 is 28.9 Å². The number of anilines is 4. The number of carbonyl (C=O) groups excluding carboxylic acids is 1. The SMILES string of the molecule is COc1ccnc(-c2nc(C(N)=O)c(Nc3ccc(N4CCC(N5CCN(C)CC5)CC4)cc3)nc2NC2CCOCC2)c1. The van der Waals surface area contributed by atoms with E-state index in [0.717, 1.165) is 44.7 Å². The first-order valence-corrected chi connectivity index (χ1v) is 15.6. The number of benzene rings is 1. The van der Waals surface area contributed by atoms with Crippen LogP contribution in [0.1, 0.15) is 36.2 Å². The Hall–Kier alpha value is -4.00. The predicted molar refractivity (Wildman–Crippen MR) is 172 cm³/mol. The lowest BCUT2D eigenvalue weighted by atomic mass is 10.0. The fraction of sp³-hybridized carbons (Fsp3) is 0.500. The maximum atomic E-state index is 12.6. The third-order valence-electron chi connectivity index (χ3n) is 8.92. The Morgan fingerprint density at radius 2 is 1.68 bits per heavy atom. The highest BCUT2D eigenvalue weighted by atomic mass is 16.5. The van der Waals surface area contributed by atoms with Gasteiger partial charge in [-0.2, -0.15) is 0 Å². The summed E-state index contributed by atoms with van der Waals surface area (Å²) >= 11 is 0. The van der Waals surface area contributed by atoms with E-state index in [1.54, 1.807) is 25.4 Å². The van der Waals surface area contributed by atoms with Gasteiger partial charge < -0.3 is 35.6 Å². The van der Waals surface area contributed by atoms with E-state index in [4.69, 9.17) is 25.2 Å². The maximum absolute atomic E-state index is 12.6. The monoisotopic (exact) mass is 601 g/mol. The van der Waals surface area contributed by atoms with Crippen LogP contribution in [0, 0.1) is 0 Å². The zero-order valence-corrected chi connectivity index (χ0v) is 25.7. The fourth-order valence-electron chi connectivity index (χ4n) is 6.25. The van der Waals surface area contributed by atoms with Gasteiger partial charge in [0.15, 0.2) is 17.3 Å². The van der Waals surface area contributed by atoms with Crippen LogP contribution in [-0.4, -0.2) is 109 Å². The van der Waals surface area contributed by atoms with Gasteiger partial charge in [0.25, 0.3) is 5.91 Å². The first-order chi connectivity index (χ1) is 21.5. The van der Waals surface area contributed by atoms with Gasteiger partial charge >= 0.3 is 0 Å². The van der Waals surface area contributed by atoms with Crippen molar-refractivity contribution in [2.24, 2.45) is 5.73 Å². The molecule has 6 rings (SSSR count). The highest BCUT2D eigenvalue weighted by Crippen LogP contribution is 2.32. The molecular weight excluding hydrogens is 558 g/mol. The summed E-state index contributed by atoms with van der Waals surface area (Å²) in [6, 6.07) is 12.6. The van der Waals surface area contributed by atoms with Crippen LogP contribution in [0.2, 0.25) is 0 Å². The van der Waals surface area contributed by atoms with Gasteiger partial charge in [-0.3, -0.25) is 14.7 Å². The number of carbonyl (C=O) groups is 1. The molecule has 3 fully saturated rings. The lowest BCUT2D eigenvalue weighted by Gasteiger charge is -2.42. The Labute approximate surface area is 258 Å². The van der Waals surface area contributed by atoms with Crippen LogP contribution in [-0.2, 0) is 4.74 Å². The van der Waals surface area contributed by atoms with Crippen molar-refractivity contribution < 1.29 is 14.3 Å². The number of piperidine rings is 1. The van der Waals surface area contributed by atoms with Gasteiger partial charge in [0.1, 0.15) is 11.4 Å². The Morgan fingerprint density at radius 3 is 2.36 bits per heavy atom. The summed E-state index contributed by atoms with van der Waals surface area (Å²) in [5, 5.41) is 6.82. The molecular formula is C32H43N9O3. The number of amides is 1. The van der Waals surface area contributed by atoms with Crippen molar-refractivity contribution in [3.8, 4) is 17.1 Å². The Bertz CT molecular complexity index is 1410. The van der Waals surface area contributed by atoms with Crippen LogP contribution in [0.15, 0.2) is 42.6 Å². The molecule has 0 aliphatic carbocycles. The Kier molecular flexibility index (Phi) is 9.39. The number of primary amides is 1. The van der Waals surface area contributed by atoms with E-state index in [9.17, 15) is 4.79 Å². The number of aromatic nitrogens is 3. The number of rotatable bonds is 9. The molecule has 3 aliphatic heterocycles. The fourth-order valence-corrected chi connectivity index (χ4v) is 6.25. The van der Waals surface area contributed by atoms with Gasteiger partial charge in [0.2, 0.25) is 0 Å². The van der Waals surface area contributed by atoms with E-state index < -0.39 is 5.91 Å². The lowest BCUT2D eigenvalue weighted by molar-refractivity contribution is 0.0904. The highest BCUT2D eigenvalue weighted by Gasteiger charge is 2.27. The molecule has 234 valence electrons. The van der Waals surface area contributed by atoms with Crippen LogP contribution in [0.5, 0.6) is 5.75 Å². The van der Waals surface area contributed by atoms with E-state index >= 15 is 0 Å². The highest BCUT2D eigenvalue weighted by molar-refractivity contribution is 5.97. The van der Waals surface area contributed by atoms with Gasteiger partial charge in [-0.1, -0.05) is 0 Å². The normalized spacial score (nSPS) is 19.1. The number of pyridine rings is 1. The van der Waals surface area contributed by atoms with Gasteiger partial charge in [0, 0.05) is 88.2 Å². The number of nitrogens with one attached hydrogen (secondary N) is 2. The summed E-state index contributed by atoms with van der Waals surface area (Å²) < 4.78 is 10.9. The molecule has 0 unspecified atom stereocenters. The lowest BCUT2D eigenvalue weighted by Crippen LogP contribution is -2.52. The molecule has 5 heterocycles. The van der Waals surface area contributed by atoms with E-state index in [-0.39, 0.29) is 11.7 Å². The zero-order valence-electron chi connectivity index (χ0n) is 25.7. The first kappa shape index (κ1) is 30.0. The van der Waals surface area contributed by atoms with E-state index in [2.05, 4.69) is 49.5 Å². The number of likely N-dealkylation sites (N-methyl/N-ethyl adjacent to an activating group) is 1. The first-order valence-electron chi connectivity index (χ1n) is 15.6. The van der Waals surface area contributed by atoms with Crippen LogP contribution in [0.4, 0.5) is 23.0 Å². The zero-order chi connectivity index (χ0) is 30.5. The third-order valence-corrected chi connectivity index (χ3v) is 8.92. The number of hydrogen-bond donors (Lipinski definition) is 3. The standard InChI is InChI=1S/C32H43N9O3/c1-39-15-17-41(18-16-39)25-8-13-40(14-9-25)24-5-3-22(4-6-24)35-32-29(30(33)42)37-28(27-21-26(43-2)7-12-34-27)31(38-32)36-23-10-19-44-20-11-23/h3-7,12,21,23,25H,8-11,13-20H2,1-2H3,(H2,33,42)(H2,35,36,38). The van der Waals surface area contributed by atoms with Crippen LogP contribution in [0.3, 0.4) is 0 Å². The number of nitrogens with zero attached hydrogens (tertiary/aromatic N) is 6. The van der Waals surface area contributed by atoms with Crippen LogP contribution in [0.25, 0.3) is 11.4 Å². The third kappa shape index (κ3) is 7.03. The van der Waals surface area contributed by atoms with Gasteiger partial charge in [-0.05, 0) is 63.1 Å². The second kappa shape index (κ2) is 13.7. The minimum Gasteiger partial charge on any atom is -0.497 e. The Balaban J connectivity index is 1.20. The minimum atomic E-state index is -0.679. The second-order valence-electron chi connectivity index (χ2n) is 11.8. The van der Waals surface area contributed by atoms with Crippen molar-refractivity contribution in [1.29, 1.82) is 0 Å². The number of ether oxygens (including phenoxy) is 2. The van der Waals surface area contributed by atoms with E-state index in [1.807, 2.05) is 12.1 Å². The summed E-state index contributed by atoms with van der Waals surface area (Å²) in [6.45, 7) is 8.07.